The number of hydrogen-bond acceptors (Lipinski definition) is 11. The van der Waals surface area contributed by atoms with Gasteiger partial charge in [0, 0.05) is 30.5 Å². The van der Waals surface area contributed by atoms with Crippen LogP contribution in [0.3, 0.4) is 0 Å². The molecule has 2 saturated carbocycles. The number of halogens is 1. The number of alkyl carbamates (subject to hydrolysis) is 1. The first-order chi connectivity index (χ1) is 25.4. The maximum absolute atomic E-state index is 14.4. The number of benzene rings is 1. The van der Waals surface area contributed by atoms with Crippen LogP contribution < -0.4 is 15.4 Å². The number of amides is 5. The molecule has 3 fully saturated rings. The molecule has 5 atom stereocenters. The molecule has 2 aliphatic carbocycles. The lowest BCUT2D eigenvalue weighted by atomic mass is 10.1. The molecule has 3 N–H and O–H groups in total. The van der Waals surface area contributed by atoms with Gasteiger partial charge in [-0.1, -0.05) is 24.3 Å². The predicted octanol–water partition coefficient (Wildman–Crippen LogP) is 2.32. The minimum absolute atomic E-state index is 0.0502. The highest BCUT2D eigenvalue weighted by molar-refractivity contribution is 7.91. The Bertz CT molecular complexity index is 1840. The molecule has 5 amide bonds. The average molecular weight is 776 g/mol. The first-order valence-electron chi connectivity index (χ1n) is 17.6. The summed E-state index contributed by atoms with van der Waals surface area (Å²) in [4.78, 5) is 82.1. The minimum atomic E-state index is -3.97. The molecule has 16 nitrogen and oxygen atoms in total. The number of allylic oxidation sites excluding steroid dienone is 1. The van der Waals surface area contributed by atoms with E-state index in [4.69, 9.17) is 9.47 Å². The van der Waals surface area contributed by atoms with Crippen molar-refractivity contribution in [2.75, 3.05) is 13.7 Å². The van der Waals surface area contributed by atoms with Gasteiger partial charge >= 0.3 is 18.2 Å². The highest BCUT2D eigenvalue weighted by Gasteiger charge is 2.62. The SMILES string of the molecule is C=CC1CC1(NC(=O)[C@@H]1C[C@@H](OC(=O)N2Cc3cccc(F)c3C2)CN1C(=O)[C@H](CC/C=C/C(=O)OC)NC(=O)OC(C)(C)C)C(=O)NS(=O)(=O)C1CC1. The second-order valence-electron chi connectivity index (χ2n) is 14.9. The third kappa shape index (κ3) is 9.37. The van der Waals surface area contributed by atoms with Crippen molar-refractivity contribution in [1.29, 1.82) is 0 Å². The van der Waals surface area contributed by atoms with Gasteiger partial charge in [0.05, 0.1) is 25.4 Å². The van der Waals surface area contributed by atoms with E-state index in [1.807, 2.05) is 0 Å². The smallest absolute Gasteiger partial charge is 0.410 e. The summed E-state index contributed by atoms with van der Waals surface area (Å²) in [6, 6.07) is 1.86. The van der Waals surface area contributed by atoms with Crippen molar-refractivity contribution in [1.82, 2.24) is 25.2 Å². The number of ether oxygens (including phenoxy) is 3. The van der Waals surface area contributed by atoms with Crippen LogP contribution in [0.25, 0.3) is 0 Å². The molecule has 18 heteroatoms. The minimum Gasteiger partial charge on any atom is -0.466 e. The van der Waals surface area contributed by atoms with Crippen molar-refractivity contribution in [3.05, 3.63) is 60.0 Å². The van der Waals surface area contributed by atoms with Gasteiger partial charge in [-0.2, -0.15) is 0 Å². The molecule has 0 aromatic heterocycles. The summed E-state index contributed by atoms with van der Waals surface area (Å²) in [5.41, 5.74) is -1.63. The van der Waals surface area contributed by atoms with E-state index in [0.717, 1.165) is 11.0 Å². The summed E-state index contributed by atoms with van der Waals surface area (Å²) in [7, 11) is -2.77. The van der Waals surface area contributed by atoms with E-state index in [1.165, 1.54) is 36.3 Å². The molecule has 2 aliphatic heterocycles. The molecule has 1 aromatic rings. The molecule has 2 heterocycles. The number of carbonyl (C=O) groups is 6. The van der Waals surface area contributed by atoms with E-state index in [0.29, 0.717) is 24.0 Å². The van der Waals surface area contributed by atoms with Crippen LogP contribution in [0.1, 0.15) is 70.4 Å². The average Bonchev–Trinajstić information content (AvgIpc) is 3.99. The summed E-state index contributed by atoms with van der Waals surface area (Å²) < 4.78 is 57.5. The molecule has 5 rings (SSSR count). The van der Waals surface area contributed by atoms with E-state index >= 15 is 0 Å². The van der Waals surface area contributed by atoms with Crippen molar-refractivity contribution in [3.8, 4) is 0 Å². The van der Waals surface area contributed by atoms with Gasteiger partial charge in [-0.15, -0.1) is 6.58 Å². The van der Waals surface area contributed by atoms with Crippen LogP contribution in [-0.2, 0) is 56.5 Å². The van der Waals surface area contributed by atoms with Crippen LogP contribution in [0.4, 0.5) is 14.0 Å². The number of sulfonamides is 1. The fourth-order valence-corrected chi connectivity index (χ4v) is 7.90. The Morgan fingerprint density at radius 1 is 1.13 bits per heavy atom. The number of nitrogens with one attached hydrogen (secondary N) is 3. The number of fused-ring (bicyclic) bond motifs is 1. The van der Waals surface area contributed by atoms with Crippen LogP contribution in [-0.4, -0.2) is 102 Å². The van der Waals surface area contributed by atoms with Gasteiger partial charge in [0.25, 0.3) is 5.91 Å². The Morgan fingerprint density at radius 3 is 2.46 bits per heavy atom. The molecule has 0 radical (unpaired) electrons. The van der Waals surface area contributed by atoms with E-state index in [1.54, 1.807) is 26.8 Å². The van der Waals surface area contributed by atoms with Gasteiger partial charge in [-0.3, -0.25) is 24.0 Å². The Morgan fingerprint density at radius 2 is 1.85 bits per heavy atom. The molecular formula is C36H46FN5O11S. The second kappa shape index (κ2) is 15.8. The zero-order valence-electron chi connectivity index (χ0n) is 30.6. The second-order valence-corrected chi connectivity index (χ2v) is 16.8. The zero-order valence-corrected chi connectivity index (χ0v) is 31.4. The number of esters is 1. The zero-order chi connectivity index (χ0) is 39.6. The number of nitrogens with zero attached hydrogens (tertiary/aromatic N) is 2. The van der Waals surface area contributed by atoms with E-state index in [-0.39, 0.29) is 45.3 Å². The van der Waals surface area contributed by atoms with Gasteiger partial charge in [-0.25, -0.2) is 27.2 Å². The van der Waals surface area contributed by atoms with Crippen molar-refractivity contribution >= 4 is 45.9 Å². The molecule has 4 aliphatic rings. The number of rotatable bonds is 13. The summed E-state index contributed by atoms with van der Waals surface area (Å²) in [6.45, 7) is 8.32. The fraction of sp³-hybridized carbons (Fsp3) is 0.556. The molecule has 0 spiro atoms. The number of hydrogen-bond donors (Lipinski definition) is 3. The standard InChI is InChI=1S/C36H46FN5O11S/c1-6-22-17-36(22,32(46)40-54(49,50)24-14-15-24)39-30(44)28-16-23(52-34(48)41-18-21-10-9-11-26(37)25(21)20-41)19-42(28)31(45)27(12-7-8-13-29(43)51-5)38-33(47)53-35(2,3)4/h6,8-11,13,22-24,27-28H,1,7,12,14-20H2,2-5H3,(H,38,47)(H,39,44)(H,40,46)/b13-8+/t22?,23-,27+,28+,36?/m1/s1. The molecular weight excluding hydrogens is 729 g/mol. The maximum atomic E-state index is 14.4. The van der Waals surface area contributed by atoms with Gasteiger partial charge in [-0.05, 0) is 64.5 Å². The third-order valence-corrected chi connectivity index (χ3v) is 11.4. The van der Waals surface area contributed by atoms with Crippen LogP contribution in [0.2, 0.25) is 0 Å². The molecule has 54 heavy (non-hydrogen) atoms. The van der Waals surface area contributed by atoms with Crippen LogP contribution in [0.15, 0.2) is 43.0 Å². The molecule has 1 saturated heterocycles. The van der Waals surface area contributed by atoms with Gasteiger partial charge in [0.15, 0.2) is 0 Å². The van der Waals surface area contributed by atoms with Crippen molar-refractivity contribution in [2.45, 2.75) is 107 Å². The first kappa shape index (κ1) is 40.2. The summed E-state index contributed by atoms with van der Waals surface area (Å²) in [6.07, 6.45) is 1.91. The summed E-state index contributed by atoms with van der Waals surface area (Å²) >= 11 is 0. The fourth-order valence-electron chi connectivity index (χ4n) is 6.54. The topological polar surface area (TPSA) is 207 Å². The largest absolute Gasteiger partial charge is 0.466 e. The normalized spacial score (nSPS) is 23.9. The highest BCUT2D eigenvalue weighted by atomic mass is 32.2. The number of carbonyl (C=O) groups excluding carboxylic acids is 6. The van der Waals surface area contributed by atoms with Gasteiger partial charge in [0.2, 0.25) is 21.8 Å². The van der Waals surface area contributed by atoms with E-state index < -0.39 is 92.2 Å². The maximum Gasteiger partial charge on any atom is 0.410 e. The number of likely N-dealkylation sites (tertiary alicyclic amines) is 1. The highest BCUT2D eigenvalue weighted by Crippen LogP contribution is 2.45. The Labute approximate surface area is 312 Å². The first-order valence-corrected chi connectivity index (χ1v) is 19.2. The van der Waals surface area contributed by atoms with Gasteiger partial charge in [0.1, 0.15) is 35.1 Å². The van der Waals surface area contributed by atoms with Crippen LogP contribution in [0.5, 0.6) is 0 Å². The third-order valence-electron chi connectivity index (χ3n) is 9.62. The Kier molecular flexibility index (Phi) is 11.7. The lowest BCUT2D eigenvalue weighted by Gasteiger charge is -2.30. The number of methoxy groups -OCH3 is 1. The molecule has 0 bridgehead atoms. The quantitative estimate of drug-likeness (QED) is 0.115. The lowest BCUT2D eigenvalue weighted by Crippen LogP contribution is -2.58. The Hall–Kier alpha value is -5.00. The monoisotopic (exact) mass is 775 g/mol. The molecule has 1 aromatic carbocycles. The molecule has 2 unspecified atom stereocenters. The van der Waals surface area contributed by atoms with E-state index in [9.17, 15) is 41.6 Å². The lowest BCUT2D eigenvalue weighted by molar-refractivity contribution is -0.141. The summed E-state index contributed by atoms with van der Waals surface area (Å²) in [5, 5.41) is 4.49. The van der Waals surface area contributed by atoms with Crippen molar-refractivity contribution < 1.29 is 55.8 Å². The molecule has 294 valence electrons. The van der Waals surface area contributed by atoms with Crippen LogP contribution in [0, 0.1) is 11.7 Å². The van der Waals surface area contributed by atoms with Crippen molar-refractivity contribution in [3.63, 3.8) is 0 Å². The van der Waals surface area contributed by atoms with Crippen LogP contribution >= 0.6 is 0 Å². The summed E-state index contributed by atoms with van der Waals surface area (Å²) in [5.74, 6) is -4.24. The Balaban J connectivity index is 1.38. The van der Waals surface area contributed by atoms with Crippen molar-refractivity contribution in [2.24, 2.45) is 5.92 Å². The predicted molar refractivity (Wildman–Crippen MR) is 189 cm³/mol. The van der Waals surface area contributed by atoms with E-state index in [2.05, 4.69) is 26.7 Å². The van der Waals surface area contributed by atoms with Gasteiger partial charge < -0.3 is 29.7 Å².